The molecule has 0 amide bonds. The second kappa shape index (κ2) is 8.78. The highest BCUT2D eigenvalue weighted by atomic mass is 16.5. The number of nitrogens with zero attached hydrogens (tertiary/aromatic N) is 2. The summed E-state index contributed by atoms with van der Waals surface area (Å²) in [5.41, 5.74) is -2.56. The van der Waals surface area contributed by atoms with E-state index in [1.54, 1.807) is 87.0 Å². The van der Waals surface area contributed by atoms with Gasteiger partial charge in [-0.15, -0.1) is 0 Å². The van der Waals surface area contributed by atoms with E-state index in [2.05, 4.69) is 9.97 Å². The standard InChI is InChI=1S/C26H24N2O4/c1-31-21-13-15-23(27-17-21)25(29,19-9-5-3-6-10-19)26(30,20-11-7-4-8-12-20)24-16-14-22(32-2)18-28-24/h3-18,29-30H,1-2H3. The Morgan fingerprint density at radius 1 is 0.562 bits per heavy atom. The third-order valence-electron chi connectivity index (χ3n) is 5.59. The first-order valence-corrected chi connectivity index (χ1v) is 10.1. The van der Waals surface area contributed by atoms with Crippen LogP contribution in [-0.4, -0.2) is 34.4 Å². The van der Waals surface area contributed by atoms with Crippen molar-refractivity contribution in [1.29, 1.82) is 0 Å². The lowest BCUT2D eigenvalue weighted by Crippen LogP contribution is -2.52. The van der Waals surface area contributed by atoms with Gasteiger partial charge in [0.2, 0.25) is 0 Å². The van der Waals surface area contributed by atoms with Crippen LogP contribution in [0, 0.1) is 0 Å². The number of methoxy groups -OCH3 is 2. The molecule has 2 atom stereocenters. The maximum Gasteiger partial charge on any atom is 0.170 e. The molecule has 2 aromatic carbocycles. The van der Waals surface area contributed by atoms with Crippen molar-refractivity contribution in [2.24, 2.45) is 0 Å². The van der Waals surface area contributed by atoms with E-state index in [4.69, 9.17) is 9.47 Å². The molecular formula is C26H24N2O4. The molecule has 2 aromatic heterocycles. The van der Waals surface area contributed by atoms with E-state index in [0.29, 0.717) is 22.6 Å². The van der Waals surface area contributed by atoms with Gasteiger partial charge in [-0.3, -0.25) is 9.97 Å². The van der Waals surface area contributed by atoms with Gasteiger partial charge in [0.25, 0.3) is 0 Å². The first-order chi connectivity index (χ1) is 15.5. The monoisotopic (exact) mass is 428 g/mol. The maximum absolute atomic E-state index is 12.4. The quantitative estimate of drug-likeness (QED) is 0.467. The van der Waals surface area contributed by atoms with Crippen molar-refractivity contribution >= 4 is 0 Å². The first kappa shape index (κ1) is 21.5. The summed E-state index contributed by atoms with van der Waals surface area (Å²) in [6.07, 6.45) is 3.02. The van der Waals surface area contributed by atoms with E-state index in [-0.39, 0.29) is 11.4 Å². The van der Waals surface area contributed by atoms with Crippen LogP contribution >= 0.6 is 0 Å². The molecular weight excluding hydrogens is 404 g/mol. The summed E-state index contributed by atoms with van der Waals surface area (Å²) < 4.78 is 10.5. The zero-order chi connectivity index (χ0) is 22.6. The average molecular weight is 428 g/mol. The molecule has 2 unspecified atom stereocenters. The van der Waals surface area contributed by atoms with Gasteiger partial charge in [-0.2, -0.15) is 0 Å². The number of aromatic nitrogens is 2. The molecule has 0 aliphatic heterocycles. The van der Waals surface area contributed by atoms with Crippen molar-refractivity contribution in [3.63, 3.8) is 0 Å². The molecule has 0 saturated carbocycles. The first-order valence-electron chi connectivity index (χ1n) is 10.1. The molecule has 2 heterocycles. The van der Waals surface area contributed by atoms with E-state index in [1.807, 2.05) is 12.1 Å². The molecule has 6 nitrogen and oxygen atoms in total. The predicted octanol–water partition coefficient (Wildman–Crippen LogP) is 3.67. The number of rotatable bonds is 7. The fraction of sp³-hybridized carbons (Fsp3) is 0.154. The van der Waals surface area contributed by atoms with Gasteiger partial charge in [-0.1, -0.05) is 60.7 Å². The minimum absolute atomic E-state index is 0.244. The van der Waals surface area contributed by atoms with E-state index >= 15 is 0 Å². The van der Waals surface area contributed by atoms with Crippen LogP contribution in [0.15, 0.2) is 97.3 Å². The van der Waals surface area contributed by atoms with Crippen LogP contribution in [0.3, 0.4) is 0 Å². The van der Waals surface area contributed by atoms with Crippen molar-refractivity contribution in [2.75, 3.05) is 14.2 Å². The Morgan fingerprint density at radius 2 is 0.938 bits per heavy atom. The van der Waals surface area contributed by atoms with Gasteiger partial charge >= 0.3 is 0 Å². The molecule has 0 fully saturated rings. The van der Waals surface area contributed by atoms with Crippen LogP contribution in [-0.2, 0) is 11.2 Å². The fourth-order valence-electron chi connectivity index (χ4n) is 3.87. The van der Waals surface area contributed by atoms with Gasteiger partial charge in [-0.25, -0.2) is 0 Å². The Labute approximate surface area is 186 Å². The summed E-state index contributed by atoms with van der Waals surface area (Å²) in [7, 11) is 3.09. The van der Waals surface area contributed by atoms with Crippen molar-refractivity contribution in [2.45, 2.75) is 11.2 Å². The summed E-state index contributed by atoms with van der Waals surface area (Å²) in [4.78, 5) is 8.92. The van der Waals surface area contributed by atoms with Crippen molar-refractivity contribution in [3.8, 4) is 11.5 Å². The van der Waals surface area contributed by atoms with Gasteiger partial charge in [0.1, 0.15) is 11.5 Å². The highest BCUT2D eigenvalue weighted by Gasteiger charge is 2.56. The summed E-state index contributed by atoms with van der Waals surface area (Å²) >= 11 is 0. The molecule has 0 bridgehead atoms. The van der Waals surface area contributed by atoms with Gasteiger partial charge in [-0.05, 0) is 35.4 Å². The number of pyridine rings is 2. The lowest BCUT2D eigenvalue weighted by Gasteiger charge is -2.43. The second-order valence-corrected chi connectivity index (χ2v) is 7.32. The Hall–Kier alpha value is -3.74. The van der Waals surface area contributed by atoms with E-state index in [0.717, 1.165) is 0 Å². The summed E-state index contributed by atoms with van der Waals surface area (Å²) in [6, 6.07) is 24.6. The Kier molecular flexibility index (Phi) is 5.90. The predicted molar refractivity (Wildman–Crippen MR) is 120 cm³/mol. The minimum atomic E-state index is -1.98. The second-order valence-electron chi connectivity index (χ2n) is 7.32. The van der Waals surface area contributed by atoms with Crippen molar-refractivity contribution in [3.05, 3.63) is 120 Å². The molecule has 4 aromatic rings. The van der Waals surface area contributed by atoms with Crippen LogP contribution in [0.4, 0.5) is 0 Å². The number of benzene rings is 2. The third kappa shape index (κ3) is 3.49. The molecule has 0 spiro atoms. The maximum atomic E-state index is 12.4. The van der Waals surface area contributed by atoms with Crippen LogP contribution in [0.5, 0.6) is 11.5 Å². The van der Waals surface area contributed by atoms with Gasteiger partial charge < -0.3 is 19.7 Å². The summed E-state index contributed by atoms with van der Waals surface area (Å²) in [5, 5.41) is 24.9. The SMILES string of the molecule is COc1ccc(C(O)(c2ccccc2)C(O)(c2ccccc2)c2ccc(OC)cn2)nc1. The number of hydrogen-bond donors (Lipinski definition) is 2. The van der Waals surface area contributed by atoms with Gasteiger partial charge in [0.15, 0.2) is 11.2 Å². The van der Waals surface area contributed by atoms with E-state index < -0.39 is 11.2 Å². The molecule has 0 aliphatic rings. The molecule has 4 rings (SSSR count). The topological polar surface area (TPSA) is 84.7 Å². The molecule has 32 heavy (non-hydrogen) atoms. The van der Waals surface area contributed by atoms with Gasteiger partial charge in [0.05, 0.1) is 38.0 Å². The number of aliphatic hydroxyl groups is 2. The summed E-state index contributed by atoms with van der Waals surface area (Å²) in [6.45, 7) is 0. The van der Waals surface area contributed by atoms with Crippen LogP contribution in [0.25, 0.3) is 0 Å². The average Bonchev–Trinajstić information content (AvgIpc) is 2.88. The summed E-state index contributed by atoms with van der Waals surface area (Å²) in [5.74, 6) is 1.07. The Morgan fingerprint density at radius 3 is 1.22 bits per heavy atom. The zero-order valence-corrected chi connectivity index (χ0v) is 17.8. The minimum Gasteiger partial charge on any atom is -0.495 e. The third-order valence-corrected chi connectivity index (χ3v) is 5.59. The molecule has 6 heteroatoms. The normalized spacial score (nSPS) is 14.8. The fourth-order valence-corrected chi connectivity index (χ4v) is 3.87. The van der Waals surface area contributed by atoms with Crippen LogP contribution < -0.4 is 9.47 Å². The lowest BCUT2D eigenvalue weighted by atomic mass is 9.69. The smallest absolute Gasteiger partial charge is 0.170 e. The number of hydrogen-bond acceptors (Lipinski definition) is 6. The Bertz CT molecular complexity index is 1060. The van der Waals surface area contributed by atoms with Crippen molar-refractivity contribution in [1.82, 2.24) is 9.97 Å². The Balaban J connectivity index is 2.05. The van der Waals surface area contributed by atoms with Crippen molar-refractivity contribution < 1.29 is 19.7 Å². The molecule has 2 N–H and O–H groups in total. The number of ether oxygens (including phenoxy) is 2. The highest BCUT2D eigenvalue weighted by Crippen LogP contribution is 2.48. The molecule has 162 valence electrons. The van der Waals surface area contributed by atoms with Crippen LogP contribution in [0.1, 0.15) is 22.5 Å². The molecule has 0 saturated heterocycles. The van der Waals surface area contributed by atoms with Gasteiger partial charge in [0, 0.05) is 0 Å². The highest BCUT2D eigenvalue weighted by molar-refractivity contribution is 5.48. The van der Waals surface area contributed by atoms with Crippen LogP contribution in [0.2, 0.25) is 0 Å². The largest absolute Gasteiger partial charge is 0.495 e. The zero-order valence-electron chi connectivity index (χ0n) is 17.8. The molecule has 0 radical (unpaired) electrons. The molecule has 0 aliphatic carbocycles. The van der Waals surface area contributed by atoms with E-state index in [9.17, 15) is 10.2 Å². The lowest BCUT2D eigenvalue weighted by molar-refractivity contribution is -0.117. The van der Waals surface area contributed by atoms with E-state index in [1.165, 1.54) is 12.4 Å².